The van der Waals surface area contributed by atoms with Crippen molar-refractivity contribution in [1.82, 2.24) is 0 Å². The van der Waals surface area contributed by atoms with Gasteiger partial charge in [0.25, 0.3) is 0 Å². The Morgan fingerprint density at radius 3 is 1.95 bits per heavy atom. The van der Waals surface area contributed by atoms with Gasteiger partial charge in [-0.05, 0) is 24.3 Å². The van der Waals surface area contributed by atoms with Crippen LogP contribution < -0.4 is 11.5 Å². The number of nitrogen functional groups attached to an aromatic ring is 2. The highest BCUT2D eigenvalue weighted by Gasteiger charge is 2.00. The molecule has 0 aromatic heterocycles. The third kappa shape index (κ3) is 3.11. The highest BCUT2D eigenvalue weighted by molar-refractivity contribution is 5.96. The Hall–Kier alpha value is -2.88. The zero-order valence-electron chi connectivity index (χ0n) is 10.8. The molecule has 0 bridgehead atoms. The van der Waals surface area contributed by atoms with Crippen LogP contribution in [0, 0.1) is 0 Å². The minimum absolute atomic E-state index is 0.213. The molecule has 0 aliphatic heterocycles. The minimum Gasteiger partial charge on any atom is -0.508 e. The number of hydrogen-bond donors (Lipinski definition) is 4. The van der Waals surface area contributed by atoms with E-state index >= 15 is 0 Å². The topological polar surface area (TPSA) is 92.5 Å². The van der Waals surface area contributed by atoms with E-state index in [-0.39, 0.29) is 11.5 Å². The van der Waals surface area contributed by atoms with Crippen molar-refractivity contribution in [3.8, 4) is 11.5 Å². The van der Waals surface area contributed by atoms with E-state index in [1.54, 1.807) is 30.3 Å². The second-order valence-corrected chi connectivity index (χ2v) is 4.31. The molecule has 4 heteroatoms. The molecule has 0 aliphatic rings. The summed E-state index contributed by atoms with van der Waals surface area (Å²) in [6, 6.07) is 17.3. The first-order valence-corrected chi connectivity index (χ1v) is 6.08. The van der Waals surface area contributed by atoms with Crippen LogP contribution in [0.3, 0.4) is 0 Å². The summed E-state index contributed by atoms with van der Waals surface area (Å²) in [5, 5.41) is 19.9. The molecule has 0 atom stereocenters. The normalized spacial score (nSPS) is 9.80. The quantitative estimate of drug-likeness (QED) is 0.372. The minimum atomic E-state index is 0.213. The first-order chi connectivity index (χ1) is 9.58. The molecule has 102 valence electrons. The van der Waals surface area contributed by atoms with Crippen LogP contribution in [0.2, 0.25) is 0 Å². The lowest BCUT2D eigenvalue weighted by Crippen LogP contribution is -1.85. The molecule has 3 aromatic rings. The predicted molar refractivity (Wildman–Crippen MR) is 82.5 cm³/mol. The number of rotatable bonds is 0. The van der Waals surface area contributed by atoms with Gasteiger partial charge in [-0.3, -0.25) is 0 Å². The molecular weight excluding hydrogens is 252 g/mol. The molecule has 20 heavy (non-hydrogen) atoms. The van der Waals surface area contributed by atoms with Gasteiger partial charge in [-0.1, -0.05) is 30.3 Å². The van der Waals surface area contributed by atoms with Crippen molar-refractivity contribution in [2.75, 3.05) is 11.5 Å². The molecule has 0 amide bonds. The maximum absolute atomic E-state index is 9.44. The van der Waals surface area contributed by atoms with Crippen molar-refractivity contribution in [3.63, 3.8) is 0 Å². The molecule has 3 rings (SSSR count). The zero-order valence-corrected chi connectivity index (χ0v) is 10.8. The van der Waals surface area contributed by atoms with Gasteiger partial charge in [0.05, 0.1) is 0 Å². The van der Waals surface area contributed by atoms with Crippen molar-refractivity contribution in [2.45, 2.75) is 0 Å². The highest BCUT2D eigenvalue weighted by atomic mass is 16.3. The van der Waals surface area contributed by atoms with Gasteiger partial charge >= 0.3 is 0 Å². The van der Waals surface area contributed by atoms with Crippen molar-refractivity contribution in [2.24, 2.45) is 0 Å². The summed E-state index contributed by atoms with van der Waals surface area (Å²) < 4.78 is 0. The van der Waals surface area contributed by atoms with Crippen LogP contribution in [0.25, 0.3) is 10.8 Å². The fourth-order valence-corrected chi connectivity index (χ4v) is 1.83. The smallest absolute Gasteiger partial charge is 0.123 e. The molecule has 0 unspecified atom stereocenters. The number of anilines is 2. The van der Waals surface area contributed by atoms with Crippen LogP contribution in [0.15, 0.2) is 60.7 Å². The average molecular weight is 268 g/mol. The summed E-state index contributed by atoms with van der Waals surface area (Å²) in [5.74, 6) is 0.491. The number of nitrogens with two attached hydrogens (primary N) is 2. The van der Waals surface area contributed by atoms with Crippen LogP contribution in [0.1, 0.15) is 0 Å². The van der Waals surface area contributed by atoms with Crippen LogP contribution in [-0.2, 0) is 0 Å². The Balaban J connectivity index is 0.000000160. The fraction of sp³-hybridized carbons (Fsp3) is 0. The summed E-state index contributed by atoms with van der Waals surface area (Å²) in [4.78, 5) is 0. The molecule has 0 saturated carbocycles. The Morgan fingerprint density at radius 2 is 1.40 bits per heavy atom. The summed E-state index contributed by atoms with van der Waals surface area (Å²) in [7, 11) is 0. The van der Waals surface area contributed by atoms with E-state index in [0.717, 1.165) is 10.8 Å². The predicted octanol–water partition coefficient (Wildman–Crippen LogP) is 3.10. The summed E-state index contributed by atoms with van der Waals surface area (Å²) in [5.41, 5.74) is 12.3. The molecule has 6 N–H and O–H groups in total. The Kier molecular flexibility index (Phi) is 3.96. The maximum Gasteiger partial charge on any atom is 0.123 e. The number of benzene rings is 3. The van der Waals surface area contributed by atoms with Gasteiger partial charge < -0.3 is 21.7 Å². The van der Waals surface area contributed by atoms with Crippen LogP contribution >= 0.6 is 0 Å². The summed E-state index contributed by atoms with van der Waals surface area (Å²) >= 11 is 0. The van der Waals surface area contributed by atoms with Gasteiger partial charge in [0.1, 0.15) is 11.5 Å². The lowest BCUT2D eigenvalue weighted by atomic mass is 10.1. The second kappa shape index (κ2) is 5.84. The van der Waals surface area contributed by atoms with E-state index < -0.39 is 0 Å². The molecule has 0 fully saturated rings. The van der Waals surface area contributed by atoms with Gasteiger partial charge in [0.2, 0.25) is 0 Å². The standard InChI is InChI=1S/C10H9NO.C6H7NO/c11-9-5-6-10(12)8-4-2-1-3-7(8)9;7-5-2-1-3-6(8)4-5/h1-6,12H,11H2;1-4,8H,7H2. The van der Waals surface area contributed by atoms with Crippen molar-refractivity contribution < 1.29 is 10.2 Å². The lowest BCUT2D eigenvalue weighted by Gasteiger charge is -2.02. The third-order valence-corrected chi connectivity index (χ3v) is 2.80. The van der Waals surface area contributed by atoms with Crippen LogP contribution in [0.5, 0.6) is 11.5 Å². The first kappa shape index (κ1) is 13.5. The number of phenols is 2. The van der Waals surface area contributed by atoms with E-state index in [1.807, 2.05) is 24.3 Å². The molecule has 4 nitrogen and oxygen atoms in total. The number of phenolic OH excluding ortho intramolecular Hbond substituents is 2. The Bertz CT molecular complexity index is 669. The zero-order chi connectivity index (χ0) is 14.5. The van der Waals surface area contributed by atoms with E-state index in [4.69, 9.17) is 16.6 Å². The van der Waals surface area contributed by atoms with E-state index in [1.165, 1.54) is 6.07 Å². The fourth-order valence-electron chi connectivity index (χ4n) is 1.83. The highest BCUT2D eigenvalue weighted by Crippen LogP contribution is 2.28. The maximum atomic E-state index is 9.44. The van der Waals surface area contributed by atoms with Gasteiger partial charge in [-0.15, -0.1) is 0 Å². The van der Waals surface area contributed by atoms with E-state index in [0.29, 0.717) is 11.4 Å². The molecule has 0 aliphatic carbocycles. The Labute approximate surface area is 116 Å². The van der Waals surface area contributed by atoms with E-state index in [9.17, 15) is 5.11 Å². The Morgan fingerprint density at radius 1 is 0.700 bits per heavy atom. The third-order valence-electron chi connectivity index (χ3n) is 2.80. The van der Waals surface area contributed by atoms with Gasteiger partial charge in [0.15, 0.2) is 0 Å². The van der Waals surface area contributed by atoms with Gasteiger partial charge in [0, 0.05) is 28.2 Å². The van der Waals surface area contributed by atoms with Crippen molar-refractivity contribution in [1.29, 1.82) is 0 Å². The largest absolute Gasteiger partial charge is 0.508 e. The molecule has 0 radical (unpaired) electrons. The second-order valence-electron chi connectivity index (χ2n) is 4.31. The van der Waals surface area contributed by atoms with Crippen LogP contribution in [-0.4, -0.2) is 10.2 Å². The average Bonchev–Trinajstić information content (AvgIpc) is 2.44. The van der Waals surface area contributed by atoms with Crippen molar-refractivity contribution >= 4 is 22.1 Å². The van der Waals surface area contributed by atoms with Gasteiger partial charge in [-0.2, -0.15) is 0 Å². The molecule has 0 spiro atoms. The first-order valence-electron chi connectivity index (χ1n) is 6.08. The number of hydrogen-bond acceptors (Lipinski definition) is 4. The van der Waals surface area contributed by atoms with Crippen LogP contribution in [0.4, 0.5) is 11.4 Å². The monoisotopic (exact) mass is 268 g/mol. The van der Waals surface area contributed by atoms with E-state index in [2.05, 4.69) is 0 Å². The van der Waals surface area contributed by atoms with Crippen molar-refractivity contribution in [3.05, 3.63) is 60.7 Å². The number of fused-ring (bicyclic) bond motifs is 1. The lowest BCUT2D eigenvalue weighted by molar-refractivity contribution is 0.475. The summed E-state index contributed by atoms with van der Waals surface area (Å²) in [6.45, 7) is 0. The SMILES string of the molecule is Nc1ccc(O)c2ccccc12.Nc1cccc(O)c1. The van der Waals surface area contributed by atoms with Gasteiger partial charge in [-0.25, -0.2) is 0 Å². The molecule has 0 heterocycles. The molecular formula is C16H16N2O2. The summed E-state index contributed by atoms with van der Waals surface area (Å²) in [6.07, 6.45) is 0. The number of aromatic hydroxyl groups is 2. The molecule has 3 aromatic carbocycles. The molecule has 0 saturated heterocycles.